The van der Waals surface area contributed by atoms with Gasteiger partial charge >= 0.3 is 0 Å². The van der Waals surface area contributed by atoms with E-state index in [4.69, 9.17) is 5.73 Å². The SMILES string of the molecule is NC(=O)c1cnc2c(c1)NC(=O)CS2. The average Bonchev–Trinajstić information content (AvgIpc) is 2.16. The number of primary amides is 1. The van der Waals surface area contributed by atoms with Crippen molar-refractivity contribution in [2.45, 2.75) is 5.03 Å². The lowest BCUT2D eigenvalue weighted by Crippen LogP contribution is -2.20. The second-order valence-corrected chi connectivity index (χ2v) is 3.74. The largest absolute Gasteiger partial charge is 0.366 e. The first-order chi connectivity index (χ1) is 6.66. The molecule has 0 saturated carbocycles. The molecule has 6 heteroatoms. The minimum Gasteiger partial charge on any atom is -0.366 e. The number of hydrogen-bond donors (Lipinski definition) is 2. The van der Waals surface area contributed by atoms with Crippen molar-refractivity contribution in [3.63, 3.8) is 0 Å². The van der Waals surface area contributed by atoms with E-state index in [0.29, 0.717) is 17.0 Å². The van der Waals surface area contributed by atoms with Crippen LogP contribution in [0, 0.1) is 0 Å². The molecule has 0 spiro atoms. The highest BCUT2D eigenvalue weighted by Gasteiger charge is 2.17. The van der Waals surface area contributed by atoms with Crippen LogP contribution in [0.3, 0.4) is 0 Å². The van der Waals surface area contributed by atoms with Crippen molar-refractivity contribution >= 4 is 29.3 Å². The third-order valence-electron chi connectivity index (χ3n) is 1.75. The summed E-state index contributed by atoms with van der Waals surface area (Å²) in [6.45, 7) is 0. The summed E-state index contributed by atoms with van der Waals surface area (Å²) in [7, 11) is 0. The van der Waals surface area contributed by atoms with Gasteiger partial charge in [-0.3, -0.25) is 9.59 Å². The van der Waals surface area contributed by atoms with Gasteiger partial charge in [0.15, 0.2) is 0 Å². The van der Waals surface area contributed by atoms with Gasteiger partial charge in [-0.2, -0.15) is 0 Å². The van der Waals surface area contributed by atoms with Crippen LogP contribution < -0.4 is 11.1 Å². The van der Waals surface area contributed by atoms with E-state index in [9.17, 15) is 9.59 Å². The van der Waals surface area contributed by atoms with Crippen LogP contribution in [0.1, 0.15) is 10.4 Å². The molecule has 72 valence electrons. The molecule has 5 nitrogen and oxygen atoms in total. The van der Waals surface area contributed by atoms with E-state index in [-0.39, 0.29) is 5.91 Å². The lowest BCUT2D eigenvalue weighted by Gasteiger charge is -2.14. The highest BCUT2D eigenvalue weighted by atomic mass is 32.2. The molecule has 0 saturated heterocycles. The third kappa shape index (κ3) is 1.56. The summed E-state index contributed by atoms with van der Waals surface area (Å²) in [6.07, 6.45) is 1.41. The fourth-order valence-corrected chi connectivity index (χ4v) is 1.84. The molecule has 2 amide bonds. The molecule has 3 N–H and O–H groups in total. The second kappa shape index (κ2) is 3.30. The lowest BCUT2D eigenvalue weighted by molar-refractivity contribution is -0.113. The Morgan fingerprint density at radius 3 is 3.14 bits per heavy atom. The quantitative estimate of drug-likeness (QED) is 0.693. The van der Waals surface area contributed by atoms with Crippen molar-refractivity contribution in [3.05, 3.63) is 17.8 Å². The van der Waals surface area contributed by atoms with Crippen LogP contribution in [0.15, 0.2) is 17.3 Å². The van der Waals surface area contributed by atoms with Crippen LogP contribution in [0.25, 0.3) is 0 Å². The second-order valence-electron chi connectivity index (χ2n) is 2.78. The minimum absolute atomic E-state index is 0.0917. The number of anilines is 1. The van der Waals surface area contributed by atoms with E-state index in [1.807, 2.05) is 0 Å². The number of thioether (sulfide) groups is 1. The Morgan fingerprint density at radius 1 is 1.64 bits per heavy atom. The van der Waals surface area contributed by atoms with Crippen LogP contribution in [-0.4, -0.2) is 22.6 Å². The first-order valence-corrected chi connectivity index (χ1v) is 4.88. The van der Waals surface area contributed by atoms with E-state index in [1.54, 1.807) is 0 Å². The van der Waals surface area contributed by atoms with Crippen molar-refractivity contribution in [2.75, 3.05) is 11.1 Å². The number of rotatable bonds is 1. The molecule has 0 radical (unpaired) electrons. The van der Waals surface area contributed by atoms with Gasteiger partial charge < -0.3 is 11.1 Å². The molecule has 2 heterocycles. The number of amides is 2. The summed E-state index contributed by atoms with van der Waals surface area (Å²) in [5.41, 5.74) is 5.94. The summed E-state index contributed by atoms with van der Waals surface area (Å²) in [4.78, 5) is 25.9. The summed E-state index contributed by atoms with van der Waals surface area (Å²) in [6, 6.07) is 1.54. The number of carbonyl (C=O) groups is 2. The smallest absolute Gasteiger partial charge is 0.250 e. The van der Waals surface area contributed by atoms with Crippen molar-refractivity contribution in [1.82, 2.24) is 4.98 Å². The van der Waals surface area contributed by atoms with Crippen molar-refractivity contribution < 1.29 is 9.59 Å². The molecule has 0 aliphatic carbocycles. The van der Waals surface area contributed by atoms with Crippen LogP contribution >= 0.6 is 11.8 Å². The van der Waals surface area contributed by atoms with Crippen LogP contribution in [0.5, 0.6) is 0 Å². The number of nitrogens with two attached hydrogens (primary N) is 1. The molecule has 0 atom stereocenters. The zero-order valence-corrected chi connectivity index (χ0v) is 7.93. The molecule has 0 fully saturated rings. The predicted molar refractivity (Wildman–Crippen MR) is 52.1 cm³/mol. The van der Waals surface area contributed by atoms with Crippen molar-refractivity contribution in [3.8, 4) is 0 Å². The fraction of sp³-hybridized carbons (Fsp3) is 0.125. The summed E-state index contributed by atoms with van der Waals surface area (Å²) < 4.78 is 0. The zero-order valence-electron chi connectivity index (χ0n) is 7.11. The Kier molecular flexibility index (Phi) is 2.12. The Labute approximate surface area is 84.1 Å². The third-order valence-corrected chi connectivity index (χ3v) is 2.76. The number of carbonyl (C=O) groups excluding carboxylic acids is 2. The topological polar surface area (TPSA) is 85.1 Å². The maximum Gasteiger partial charge on any atom is 0.250 e. The molecule has 14 heavy (non-hydrogen) atoms. The van der Waals surface area contributed by atoms with Gasteiger partial charge in [-0.1, -0.05) is 11.8 Å². The van der Waals surface area contributed by atoms with Crippen LogP contribution in [0.2, 0.25) is 0 Å². The molecule has 0 bridgehead atoms. The van der Waals surface area contributed by atoms with Gasteiger partial charge in [0.05, 0.1) is 17.0 Å². The van der Waals surface area contributed by atoms with Gasteiger partial charge in [0, 0.05) is 6.20 Å². The van der Waals surface area contributed by atoms with Gasteiger partial charge in [0.2, 0.25) is 11.8 Å². The molecule has 1 aromatic rings. The maximum atomic E-state index is 11.0. The van der Waals surface area contributed by atoms with E-state index in [2.05, 4.69) is 10.3 Å². The number of hydrogen-bond acceptors (Lipinski definition) is 4. The molecule has 0 unspecified atom stereocenters. The van der Waals surface area contributed by atoms with Gasteiger partial charge in [-0.05, 0) is 6.07 Å². The van der Waals surface area contributed by atoms with Crippen LogP contribution in [0.4, 0.5) is 5.69 Å². The fourth-order valence-electron chi connectivity index (χ4n) is 1.11. The van der Waals surface area contributed by atoms with Crippen molar-refractivity contribution in [1.29, 1.82) is 0 Å². The maximum absolute atomic E-state index is 11.0. The van der Waals surface area contributed by atoms with E-state index >= 15 is 0 Å². The van der Waals surface area contributed by atoms with Gasteiger partial charge in [-0.25, -0.2) is 4.98 Å². The normalized spacial score (nSPS) is 14.4. The number of nitrogens with one attached hydrogen (secondary N) is 1. The highest BCUT2D eigenvalue weighted by molar-refractivity contribution is 8.00. The summed E-state index contributed by atoms with van der Waals surface area (Å²) >= 11 is 1.34. The molecule has 1 aromatic heterocycles. The molecule has 1 aliphatic heterocycles. The molecule has 0 aromatic carbocycles. The number of pyridine rings is 1. The van der Waals surface area contributed by atoms with E-state index in [0.717, 1.165) is 5.03 Å². The Bertz CT molecular complexity index is 419. The lowest BCUT2D eigenvalue weighted by atomic mass is 10.2. The van der Waals surface area contributed by atoms with E-state index in [1.165, 1.54) is 24.0 Å². The monoisotopic (exact) mass is 209 g/mol. The average molecular weight is 209 g/mol. The van der Waals surface area contributed by atoms with E-state index < -0.39 is 5.91 Å². The number of nitrogens with zero attached hydrogens (tertiary/aromatic N) is 1. The Morgan fingerprint density at radius 2 is 2.43 bits per heavy atom. The standard InChI is InChI=1S/C8H7N3O2S/c9-7(13)4-1-5-8(10-2-4)14-3-6(12)11-5/h1-2H,3H2,(H2,9,13)(H,11,12). The Hall–Kier alpha value is -1.56. The zero-order chi connectivity index (χ0) is 10.1. The Balaban J connectivity index is 2.42. The molecular formula is C8H7N3O2S. The number of fused-ring (bicyclic) bond motifs is 1. The molecular weight excluding hydrogens is 202 g/mol. The van der Waals surface area contributed by atoms with Gasteiger partial charge in [0.1, 0.15) is 5.03 Å². The first kappa shape index (κ1) is 9.01. The summed E-state index contributed by atoms with van der Waals surface area (Å²) in [5, 5.41) is 3.34. The minimum atomic E-state index is -0.551. The van der Waals surface area contributed by atoms with Gasteiger partial charge in [-0.15, -0.1) is 0 Å². The molecule has 2 rings (SSSR count). The first-order valence-electron chi connectivity index (χ1n) is 3.89. The number of aromatic nitrogens is 1. The predicted octanol–water partition coefficient (Wildman–Crippen LogP) is 0.225. The summed E-state index contributed by atoms with van der Waals surface area (Å²) in [5.74, 6) is -0.285. The molecule has 1 aliphatic rings. The highest BCUT2D eigenvalue weighted by Crippen LogP contribution is 2.29. The van der Waals surface area contributed by atoms with Gasteiger partial charge in [0.25, 0.3) is 0 Å². The van der Waals surface area contributed by atoms with Crippen molar-refractivity contribution in [2.24, 2.45) is 5.73 Å². The van der Waals surface area contributed by atoms with Crippen LogP contribution in [-0.2, 0) is 4.79 Å².